The molecule has 0 atom stereocenters. The normalized spacial score (nSPS) is 23.4. The van der Waals surface area contributed by atoms with Gasteiger partial charge in [-0.15, -0.1) is 0 Å². The summed E-state index contributed by atoms with van der Waals surface area (Å²) in [6, 6.07) is 16.3. The van der Waals surface area contributed by atoms with Crippen LogP contribution in [0.4, 0.5) is 0 Å². The highest BCUT2D eigenvalue weighted by molar-refractivity contribution is 5.85. The van der Waals surface area contributed by atoms with Crippen molar-refractivity contribution >= 4 is 10.8 Å². The van der Waals surface area contributed by atoms with Crippen LogP contribution in [-0.2, 0) is 6.54 Å². The standard InChI is InChI=1S/C18H24N2/c1-15(2)20-12-10-19(11-13-20)14-17-8-5-7-16-6-3-4-9-18(16)17/h3-9,15H,10-14H2,1-2H3/p+2. The maximum Gasteiger partial charge on any atom is 0.127 e. The molecule has 0 unspecified atom stereocenters. The summed E-state index contributed by atoms with van der Waals surface area (Å²) >= 11 is 0. The van der Waals surface area contributed by atoms with Crippen LogP contribution < -0.4 is 9.80 Å². The van der Waals surface area contributed by atoms with Crippen LogP contribution >= 0.6 is 0 Å². The Morgan fingerprint density at radius 3 is 2.35 bits per heavy atom. The van der Waals surface area contributed by atoms with Crippen LogP contribution in [0.25, 0.3) is 10.8 Å². The first-order valence-electron chi connectivity index (χ1n) is 7.89. The van der Waals surface area contributed by atoms with Crippen LogP contribution in [0.15, 0.2) is 42.5 Å². The number of hydrogen-bond acceptors (Lipinski definition) is 0. The molecule has 1 fully saturated rings. The average molecular weight is 270 g/mol. The largest absolute Gasteiger partial charge is 0.324 e. The Kier molecular flexibility index (Phi) is 4.04. The molecule has 106 valence electrons. The number of piperazine rings is 1. The fraction of sp³-hybridized carbons (Fsp3) is 0.444. The van der Waals surface area contributed by atoms with Gasteiger partial charge < -0.3 is 9.80 Å². The molecule has 2 heteroatoms. The molecule has 1 aliphatic rings. The molecule has 20 heavy (non-hydrogen) atoms. The molecule has 0 spiro atoms. The van der Waals surface area contributed by atoms with Gasteiger partial charge in [-0.25, -0.2) is 0 Å². The predicted molar refractivity (Wildman–Crippen MR) is 84.2 cm³/mol. The van der Waals surface area contributed by atoms with E-state index in [1.807, 2.05) is 0 Å². The van der Waals surface area contributed by atoms with Crippen LogP contribution in [0.1, 0.15) is 19.4 Å². The number of rotatable bonds is 3. The first-order valence-corrected chi connectivity index (χ1v) is 7.89. The molecule has 0 aromatic heterocycles. The van der Waals surface area contributed by atoms with Crippen molar-refractivity contribution in [3.8, 4) is 0 Å². The summed E-state index contributed by atoms with van der Waals surface area (Å²) in [6.45, 7) is 11.1. The third-order valence-electron chi connectivity index (χ3n) is 4.74. The SMILES string of the molecule is CC(C)[NH+]1CC[NH+](Cc2cccc3ccccc23)CC1. The molecule has 3 rings (SSSR count). The van der Waals surface area contributed by atoms with E-state index in [2.05, 4.69) is 56.3 Å². The summed E-state index contributed by atoms with van der Waals surface area (Å²) in [5.74, 6) is 0. The van der Waals surface area contributed by atoms with Gasteiger partial charge in [-0.2, -0.15) is 0 Å². The second-order valence-corrected chi connectivity index (χ2v) is 6.38. The number of hydrogen-bond donors (Lipinski definition) is 2. The van der Waals surface area contributed by atoms with Crippen molar-refractivity contribution in [3.63, 3.8) is 0 Å². The lowest BCUT2D eigenvalue weighted by atomic mass is 10.0. The van der Waals surface area contributed by atoms with Gasteiger partial charge in [-0.1, -0.05) is 42.5 Å². The lowest BCUT2D eigenvalue weighted by Crippen LogP contribution is -3.28. The van der Waals surface area contributed by atoms with Gasteiger partial charge in [0, 0.05) is 5.56 Å². The van der Waals surface area contributed by atoms with Crippen molar-refractivity contribution in [2.24, 2.45) is 0 Å². The van der Waals surface area contributed by atoms with E-state index in [9.17, 15) is 0 Å². The molecule has 0 saturated carbocycles. The monoisotopic (exact) mass is 270 g/mol. The molecular weight excluding hydrogens is 244 g/mol. The van der Waals surface area contributed by atoms with Gasteiger partial charge in [-0.05, 0) is 24.6 Å². The lowest BCUT2D eigenvalue weighted by molar-refractivity contribution is -1.03. The average Bonchev–Trinajstić information content (AvgIpc) is 2.48. The van der Waals surface area contributed by atoms with E-state index in [4.69, 9.17) is 0 Å². The van der Waals surface area contributed by atoms with E-state index in [1.54, 1.807) is 9.80 Å². The van der Waals surface area contributed by atoms with Crippen LogP contribution in [0.3, 0.4) is 0 Å². The van der Waals surface area contributed by atoms with Gasteiger partial charge in [0.25, 0.3) is 0 Å². The number of nitrogens with one attached hydrogen (secondary N) is 2. The smallest absolute Gasteiger partial charge is 0.127 e. The van der Waals surface area contributed by atoms with Crippen LogP contribution in [0.2, 0.25) is 0 Å². The van der Waals surface area contributed by atoms with Crippen molar-refractivity contribution in [3.05, 3.63) is 48.0 Å². The summed E-state index contributed by atoms with van der Waals surface area (Å²) in [5.41, 5.74) is 1.51. The minimum Gasteiger partial charge on any atom is -0.324 e. The topological polar surface area (TPSA) is 8.88 Å². The van der Waals surface area contributed by atoms with Gasteiger partial charge in [0.05, 0.1) is 6.04 Å². The Bertz CT molecular complexity index is 563. The molecule has 0 aliphatic carbocycles. The molecule has 0 bridgehead atoms. The Balaban J connectivity index is 1.72. The predicted octanol–water partition coefficient (Wildman–Crippen LogP) is 0.532. The van der Waals surface area contributed by atoms with Crippen molar-refractivity contribution in [1.29, 1.82) is 0 Å². The summed E-state index contributed by atoms with van der Waals surface area (Å²) in [7, 11) is 0. The Labute approximate surface area is 122 Å². The van der Waals surface area contributed by atoms with Gasteiger partial charge in [-0.3, -0.25) is 0 Å². The third-order valence-corrected chi connectivity index (χ3v) is 4.74. The number of benzene rings is 2. The second-order valence-electron chi connectivity index (χ2n) is 6.38. The zero-order valence-corrected chi connectivity index (χ0v) is 12.7. The zero-order chi connectivity index (χ0) is 13.9. The fourth-order valence-corrected chi connectivity index (χ4v) is 3.39. The number of fused-ring (bicyclic) bond motifs is 1. The summed E-state index contributed by atoms with van der Waals surface area (Å²) in [5, 5.41) is 2.80. The minimum absolute atomic E-state index is 0.772. The van der Waals surface area contributed by atoms with Crippen molar-refractivity contribution in [2.75, 3.05) is 26.2 Å². The van der Waals surface area contributed by atoms with Crippen molar-refractivity contribution < 1.29 is 9.80 Å². The van der Waals surface area contributed by atoms with E-state index in [-0.39, 0.29) is 0 Å². The Hall–Kier alpha value is -1.38. The van der Waals surface area contributed by atoms with Crippen LogP contribution in [-0.4, -0.2) is 32.2 Å². The molecule has 0 radical (unpaired) electrons. The first kappa shape index (κ1) is 13.6. The molecule has 0 amide bonds. The van der Waals surface area contributed by atoms with E-state index in [0.717, 1.165) is 6.04 Å². The maximum absolute atomic E-state index is 2.34. The van der Waals surface area contributed by atoms with Gasteiger partial charge in [0.1, 0.15) is 32.7 Å². The Morgan fingerprint density at radius 1 is 0.900 bits per heavy atom. The molecule has 2 nitrogen and oxygen atoms in total. The van der Waals surface area contributed by atoms with E-state index >= 15 is 0 Å². The van der Waals surface area contributed by atoms with Gasteiger partial charge in [0.15, 0.2) is 0 Å². The number of quaternary nitrogens is 2. The van der Waals surface area contributed by atoms with E-state index < -0.39 is 0 Å². The Morgan fingerprint density at radius 2 is 1.60 bits per heavy atom. The van der Waals surface area contributed by atoms with Crippen molar-refractivity contribution in [1.82, 2.24) is 0 Å². The summed E-state index contributed by atoms with van der Waals surface area (Å²) in [6.07, 6.45) is 0. The maximum atomic E-state index is 2.34. The molecule has 1 aliphatic heterocycles. The quantitative estimate of drug-likeness (QED) is 0.805. The second kappa shape index (κ2) is 5.94. The highest BCUT2D eigenvalue weighted by Gasteiger charge is 2.24. The van der Waals surface area contributed by atoms with Gasteiger partial charge in [0.2, 0.25) is 0 Å². The van der Waals surface area contributed by atoms with Crippen LogP contribution in [0, 0.1) is 0 Å². The lowest BCUT2D eigenvalue weighted by Gasteiger charge is -2.32. The third kappa shape index (κ3) is 2.87. The van der Waals surface area contributed by atoms with E-state index in [1.165, 1.54) is 49.1 Å². The molecule has 1 saturated heterocycles. The molecule has 1 heterocycles. The van der Waals surface area contributed by atoms with Crippen molar-refractivity contribution in [2.45, 2.75) is 26.4 Å². The highest BCUT2D eigenvalue weighted by atomic mass is 15.3. The molecule has 2 aromatic rings. The van der Waals surface area contributed by atoms with Crippen LogP contribution in [0.5, 0.6) is 0 Å². The summed E-state index contributed by atoms with van der Waals surface area (Å²) in [4.78, 5) is 3.51. The summed E-state index contributed by atoms with van der Waals surface area (Å²) < 4.78 is 0. The molecular formula is C18H26N2+2. The molecule has 2 N–H and O–H groups in total. The highest BCUT2D eigenvalue weighted by Crippen LogP contribution is 2.17. The molecule has 2 aromatic carbocycles. The zero-order valence-electron chi connectivity index (χ0n) is 12.7. The van der Waals surface area contributed by atoms with E-state index in [0.29, 0.717) is 0 Å². The fourth-order valence-electron chi connectivity index (χ4n) is 3.39. The minimum atomic E-state index is 0.772. The van der Waals surface area contributed by atoms with Gasteiger partial charge >= 0.3 is 0 Å². The first-order chi connectivity index (χ1) is 9.74.